The zero-order valence-electron chi connectivity index (χ0n) is 11.7. The van der Waals surface area contributed by atoms with Crippen LogP contribution in [0.25, 0.3) is 0 Å². The zero-order valence-corrected chi connectivity index (χ0v) is 11.7. The van der Waals surface area contributed by atoms with E-state index in [1.54, 1.807) is 0 Å². The Balaban J connectivity index is 2.17. The molecule has 2 rings (SSSR count). The Labute approximate surface area is 114 Å². The fourth-order valence-electron chi connectivity index (χ4n) is 2.50. The van der Waals surface area contributed by atoms with Gasteiger partial charge in [-0.3, -0.25) is 9.69 Å². The molecule has 1 aromatic rings. The molecule has 1 aliphatic heterocycles. The van der Waals surface area contributed by atoms with Crippen molar-refractivity contribution < 1.29 is 14.6 Å². The third-order valence-corrected chi connectivity index (χ3v) is 3.68. The molecule has 1 heterocycles. The van der Waals surface area contributed by atoms with E-state index in [4.69, 9.17) is 9.84 Å². The van der Waals surface area contributed by atoms with Crippen LogP contribution >= 0.6 is 0 Å². The third-order valence-electron chi connectivity index (χ3n) is 3.68. The van der Waals surface area contributed by atoms with Gasteiger partial charge in [0.1, 0.15) is 0 Å². The summed E-state index contributed by atoms with van der Waals surface area (Å²) < 4.78 is 5.89. The van der Waals surface area contributed by atoms with Crippen molar-refractivity contribution in [3.63, 3.8) is 0 Å². The fraction of sp³-hybridized carbons (Fsp3) is 0.533. The summed E-state index contributed by atoms with van der Waals surface area (Å²) in [4.78, 5) is 12.9. The number of carboxylic acid groups (broad SMARTS) is 1. The molecule has 0 aromatic heterocycles. The summed E-state index contributed by atoms with van der Waals surface area (Å²) in [6, 6.07) is 6.46. The van der Waals surface area contributed by atoms with E-state index in [0.29, 0.717) is 13.2 Å². The Morgan fingerprint density at radius 3 is 2.89 bits per heavy atom. The summed E-state index contributed by atoms with van der Waals surface area (Å²) in [6.45, 7) is 7.42. The lowest BCUT2D eigenvalue weighted by atomic mass is 9.99. The van der Waals surface area contributed by atoms with Crippen molar-refractivity contribution in [3.8, 4) is 0 Å². The van der Waals surface area contributed by atoms with E-state index < -0.39 is 5.97 Å². The van der Waals surface area contributed by atoms with Crippen molar-refractivity contribution in [2.45, 2.75) is 32.9 Å². The summed E-state index contributed by atoms with van der Waals surface area (Å²) in [5.74, 6) is -0.784. The highest BCUT2D eigenvalue weighted by atomic mass is 16.5. The molecule has 0 bridgehead atoms. The van der Waals surface area contributed by atoms with E-state index in [0.717, 1.165) is 0 Å². The first-order valence-corrected chi connectivity index (χ1v) is 6.62. The van der Waals surface area contributed by atoms with Crippen molar-refractivity contribution in [1.82, 2.24) is 4.90 Å². The van der Waals surface area contributed by atoms with Gasteiger partial charge in [-0.1, -0.05) is 23.8 Å². The number of ether oxygens (including phenoxy) is 1. The number of carboxylic acids is 1. The van der Waals surface area contributed by atoms with Gasteiger partial charge in [0, 0.05) is 12.6 Å². The molecule has 4 heteroatoms. The lowest BCUT2D eigenvalue weighted by Gasteiger charge is -2.37. The standard InChI is InChI=1S/C15H21NO3/c1-10-4-5-11(2)13(6-10)14-7-16(8-15(17)18)12(3)9-19-14/h4-6,12,14H,7-9H2,1-3H3,(H,17,18). The summed E-state index contributed by atoms with van der Waals surface area (Å²) >= 11 is 0. The van der Waals surface area contributed by atoms with Gasteiger partial charge >= 0.3 is 5.97 Å². The molecule has 0 radical (unpaired) electrons. The number of nitrogens with zero attached hydrogens (tertiary/aromatic N) is 1. The van der Waals surface area contributed by atoms with Gasteiger partial charge < -0.3 is 9.84 Å². The molecule has 2 unspecified atom stereocenters. The third kappa shape index (κ3) is 3.33. The second-order valence-electron chi connectivity index (χ2n) is 5.35. The normalized spacial score (nSPS) is 24.4. The van der Waals surface area contributed by atoms with Crippen molar-refractivity contribution in [2.75, 3.05) is 19.7 Å². The number of benzene rings is 1. The van der Waals surface area contributed by atoms with Gasteiger partial charge in [0.05, 0.1) is 19.3 Å². The summed E-state index contributed by atoms with van der Waals surface area (Å²) in [5, 5.41) is 8.96. The highest BCUT2D eigenvalue weighted by Crippen LogP contribution is 2.27. The van der Waals surface area contributed by atoms with Gasteiger partial charge in [-0.15, -0.1) is 0 Å². The average Bonchev–Trinajstić information content (AvgIpc) is 2.34. The highest BCUT2D eigenvalue weighted by Gasteiger charge is 2.29. The number of rotatable bonds is 3. The predicted octanol–water partition coefficient (Wildman–Crippen LogP) is 2.15. The first-order valence-electron chi connectivity index (χ1n) is 6.62. The van der Waals surface area contributed by atoms with E-state index in [-0.39, 0.29) is 18.7 Å². The van der Waals surface area contributed by atoms with E-state index in [1.165, 1.54) is 16.7 Å². The van der Waals surface area contributed by atoms with Crippen LogP contribution in [0, 0.1) is 13.8 Å². The molecule has 0 amide bonds. The van der Waals surface area contributed by atoms with E-state index in [1.807, 2.05) is 11.8 Å². The monoisotopic (exact) mass is 263 g/mol. The van der Waals surface area contributed by atoms with Crippen LogP contribution in [0.1, 0.15) is 29.7 Å². The molecule has 104 valence electrons. The quantitative estimate of drug-likeness (QED) is 0.908. The van der Waals surface area contributed by atoms with Crippen molar-refractivity contribution in [3.05, 3.63) is 34.9 Å². The molecule has 0 spiro atoms. The van der Waals surface area contributed by atoms with Crippen LogP contribution in [0.5, 0.6) is 0 Å². The van der Waals surface area contributed by atoms with E-state index in [9.17, 15) is 4.79 Å². The Morgan fingerprint density at radius 1 is 1.47 bits per heavy atom. The molecule has 4 nitrogen and oxygen atoms in total. The number of carbonyl (C=O) groups is 1. The first kappa shape index (κ1) is 14.0. The maximum Gasteiger partial charge on any atom is 0.317 e. The number of morpholine rings is 1. The van der Waals surface area contributed by atoms with Gasteiger partial charge in [-0.2, -0.15) is 0 Å². The van der Waals surface area contributed by atoms with Crippen LogP contribution in [-0.2, 0) is 9.53 Å². The molecule has 1 aliphatic rings. The first-order chi connectivity index (χ1) is 8.97. The largest absolute Gasteiger partial charge is 0.480 e. The van der Waals surface area contributed by atoms with Crippen LogP contribution in [0.2, 0.25) is 0 Å². The van der Waals surface area contributed by atoms with Crippen LogP contribution < -0.4 is 0 Å². The molecule has 0 aliphatic carbocycles. The Hall–Kier alpha value is -1.39. The highest BCUT2D eigenvalue weighted by molar-refractivity contribution is 5.69. The van der Waals surface area contributed by atoms with Crippen LogP contribution in [0.3, 0.4) is 0 Å². The molecule has 1 fully saturated rings. The number of aryl methyl sites for hydroxylation is 2. The minimum atomic E-state index is -0.784. The molecular weight excluding hydrogens is 242 g/mol. The molecule has 1 saturated heterocycles. The maximum atomic E-state index is 10.9. The van der Waals surface area contributed by atoms with E-state index in [2.05, 4.69) is 32.0 Å². The summed E-state index contributed by atoms with van der Waals surface area (Å²) in [7, 11) is 0. The molecule has 1 aromatic carbocycles. The van der Waals surface area contributed by atoms with Crippen molar-refractivity contribution in [1.29, 1.82) is 0 Å². The minimum Gasteiger partial charge on any atom is -0.480 e. The molecule has 1 N–H and O–H groups in total. The number of hydrogen-bond donors (Lipinski definition) is 1. The predicted molar refractivity (Wildman–Crippen MR) is 73.3 cm³/mol. The second-order valence-corrected chi connectivity index (χ2v) is 5.35. The SMILES string of the molecule is Cc1ccc(C)c(C2CN(CC(=O)O)C(C)CO2)c1. The van der Waals surface area contributed by atoms with Gasteiger partial charge in [0.25, 0.3) is 0 Å². The molecular formula is C15H21NO3. The molecule has 0 saturated carbocycles. The van der Waals surface area contributed by atoms with Gasteiger partial charge in [0.15, 0.2) is 0 Å². The van der Waals surface area contributed by atoms with E-state index >= 15 is 0 Å². The maximum absolute atomic E-state index is 10.9. The molecule has 19 heavy (non-hydrogen) atoms. The lowest BCUT2D eigenvalue weighted by Crippen LogP contribution is -2.47. The van der Waals surface area contributed by atoms with Gasteiger partial charge in [-0.25, -0.2) is 0 Å². The fourth-order valence-corrected chi connectivity index (χ4v) is 2.50. The van der Waals surface area contributed by atoms with Gasteiger partial charge in [-0.05, 0) is 31.9 Å². The number of aliphatic carboxylic acids is 1. The summed E-state index contributed by atoms with van der Waals surface area (Å²) in [5.41, 5.74) is 3.57. The molecule has 2 atom stereocenters. The van der Waals surface area contributed by atoms with Crippen LogP contribution in [-0.4, -0.2) is 41.7 Å². The van der Waals surface area contributed by atoms with Crippen molar-refractivity contribution in [2.24, 2.45) is 0 Å². The van der Waals surface area contributed by atoms with Crippen LogP contribution in [0.15, 0.2) is 18.2 Å². The smallest absolute Gasteiger partial charge is 0.317 e. The van der Waals surface area contributed by atoms with Crippen LogP contribution in [0.4, 0.5) is 0 Å². The minimum absolute atomic E-state index is 0.0320. The topological polar surface area (TPSA) is 49.8 Å². The summed E-state index contributed by atoms with van der Waals surface area (Å²) in [6.07, 6.45) is -0.0320. The zero-order chi connectivity index (χ0) is 14.0. The Kier molecular flexibility index (Phi) is 4.22. The lowest BCUT2D eigenvalue weighted by molar-refractivity contribution is -0.142. The van der Waals surface area contributed by atoms with Crippen molar-refractivity contribution >= 4 is 5.97 Å². The number of hydrogen-bond acceptors (Lipinski definition) is 3. The second kappa shape index (κ2) is 5.72. The Morgan fingerprint density at radius 2 is 2.21 bits per heavy atom. The average molecular weight is 263 g/mol. The Bertz CT molecular complexity index is 472. The van der Waals surface area contributed by atoms with Gasteiger partial charge in [0.2, 0.25) is 0 Å².